The maximum atomic E-state index is 15.8. The highest BCUT2D eigenvalue weighted by atomic mass is 35.5. The van der Waals surface area contributed by atoms with E-state index in [9.17, 15) is 4.79 Å². The lowest BCUT2D eigenvalue weighted by Crippen LogP contribution is -2.43. The lowest BCUT2D eigenvalue weighted by atomic mass is 10.0. The number of amides is 1. The molecule has 0 unspecified atom stereocenters. The van der Waals surface area contributed by atoms with Gasteiger partial charge in [-0.3, -0.25) is 14.8 Å². The van der Waals surface area contributed by atoms with Gasteiger partial charge in [-0.15, -0.1) is 23.7 Å². The van der Waals surface area contributed by atoms with E-state index in [0.717, 1.165) is 43.0 Å². The fourth-order valence-corrected chi connectivity index (χ4v) is 5.25. The van der Waals surface area contributed by atoms with Gasteiger partial charge in [0.2, 0.25) is 0 Å². The first-order valence-electron chi connectivity index (χ1n) is 12.2. The Morgan fingerprint density at radius 2 is 1.79 bits per heavy atom. The zero-order valence-corrected chi connectivity index (χ0v) is 22.0. The van der Waals surface area contributed by atoms with Gasteiger partial charge in [-0.25, -0.2) is 9.37 Å². The summed E-state index contributed by atoms with van der Waals surface area (Å²) in [5.74, 6) is -0.698. The number of halogens is 2. The van der Waals surface area contributed by atoms with Crippen molar-refractivity contribution < 1.29 is 9.18 Å². The Balaban J connectivity index is 0.00000294. The lowest BCUT2D eigenvalue weighted by molar-refractivity contribution is -0.118. The molecule has 3 heterocycles. The minimum Gasteiger partial charge on any atom is -0.369 e. The van der Waals surface area contributed by atoms with Crippen LogP contribution >= 0.6 is 23.7 Å². The first kappa shape index (κ1) is 25.8. The summed E-state index contributed by atoms with van der Waals surface area (Å²) in [5, 5.41) is 13.7. The van der Waals surface area contributed by atoms with E-state index < -0.39 is 11.9 Å². The quantitative estimate of drug-likeness (QED) is 0.299. The average Bonchev–Trinajstić information content (AvgIpc) is 3.61. The fraction of sp³-hybridized carbons (Fsp3) is 0.179. The molecule has 1 atom stereocenters. The van der Waals surface area contributed by atoms with Crippen molar-refractivity contribution in [2.24, 2.45) is 0 Å². The van der Waals surface area contributed by atoms with Crippen LogP contribution in [-0.2, 0) is 4.79 Å². The van der Waals surface area contributed by atoms with Crippen LogP contribution in [-0.4, -0.2) is 46.9 Å². The van der Waals surface area contributed by atoms with Gasteiger partial charge >= 0.3 is 0 Å². The van der Waals surface area contributed by atoms with Crippen molar-refractivity contribution in [3.63, 3.8) is 0 Å². The van der Waals surface area contributed by atoms with Gasteiger partial charge in [0.1, 0.15) is 5.52 Å². The molecule has 1 aliphatic heterocycles. The zero-order valence-electron chi connectivity index (χ0n) is 20.4. The molecule has 38 heavy (non-hydrogen) atoms. The number of hydrogen-bond donors (Lipinski definition) is 2. The highest BCUT2D eigenvalue weighted by Crippen LogP contribution is 2.31. The van der Waals surface area contributed by atoms with Crippen LogP contribution in [0.5, 0.6) is 0 Å². The SMILES string of the molecule is Cl.O=C(Nc1nccs1)[C@@H](c1ccccc1)n1cc2ccc(-c3ccc(N4CCNCC4)cc3)c(F)c2n1. The third kappa shape index (κ3) is 5.13. The number of piperazine rings is 1. The number of benzene rings is 3. The second kappa shape index (κ2) is 11.3. The van der Waals surface area contributed by atoms with E-state index in [1.807, 2.05) is 60.7 Å². The van der Waals surface area contributed by atoms with Gasteiger partial charge in [0.15, 0.2) is 17.0 Å². The van der Waals surface area contributed by atoms with Gasteiger partial charge in [0.25, 0.3) is 5.91 Å². The molecular formula is C28H26ClFN6OS. The normalized spacial score (nSPS) is 14.2. The molecule has 0 bridgehead atoms. The number of carbonyl (C=O) groups is 1. The number of nitrogens with one attached hydrogen (secondary N) is 2. The third-order valence-electron chi connectivity index (χ3n) is 6.59. The number of anilines is 2. The molecule has 194 valence electrons. The molecule has 5 aromatic rings. The van der Waals surface area contributed by atoms with Crippen LogP contribution in [0.4, 0.5) is 15.2 Å². The van der Waals surface area contributed by atoms with Crippen LogP contribution in [0.2, 0.25) is 0 Å². The van der Waals surface area contributed by atoms with Gasteiger partial charge in [-0.2, -0.15) is 5.10 Å². The molecular weight excluding hydrogens is 523 g/mol. The third-order valence-corrected chi connectivity index (χ3v) is 7.27. The Morgan fingerprint density at radius 1 is 1.03 bits per heavy atom. The van der Waals surface area contributed by atoms with Gasteiger partial charge < -0.3 is 10.2 Å². The maximum absolute atomic E-state index is 15.8. The molecule has 1 saturated heterocycles. The molecule has 0 spiro atoms. The lowest BCUT2D eigenvalue weighted by Gasteiger charge is -2.29. The molecule has 10 heteroatoms. The van der Waals surface area contributed by atoms with Crippen LogP contribution in [0.1, 0.15) is 11.6 Å². The Labute approximate surface area is 229 Å². The standard InChI is InChI=1S/C28H25FN6OS.ClH/c29-24-23(19-6-9-22(10-7-19)34-15-12-30-13-16-34)11-8-21-18-35(33-25(21)24)26(20-4-2-1-3-5-20)27(36)32-28-31-14-17-37-28;/h1-11,14,17-18,26,30H,12-13,15-16H2,(H,31,32,36);1H/t26-;/m1./s1. The first-order valence-corrected chi connectivity index (χ1v) is 13.0. The van der Waals surface area contributed by atoms with E-state index in [0.29, 0.717) is 16.1 Å². The van der Waals surface area contributed by atoms with E-state index in [2.05, 4.69) is 25.6 Å². The topological polar surface area (TPSA) is 75.1 Å². The summed E-state index contributed by atoms with van der Waals surface area (Å²) in [6.07, 6.45) is 3.35. The minimum atomic E-state index is -0.779. The highest BCUT2D eigenvalue weighted by Gasteiger charge is 2.26. The number of nitrogens with zero attached hydrogens (tertiary/aromatic N) is 4. The van der Waals surface area contributed by atoms with Crippen molar-refractivity contribution in [2.75, 3.05) is 36.4 Å². The van der Waals surface area contributed by atoms with E-state index in [1.165, 1.54) is 16.0 Å². The average molecular weight is 549 g/mol. The number of hydrogen-bond acceptors (Lipinski definition) is 6. The van der Waals surface area contributed by atoms with E-state index in [-0.39, 0.29) is 23.8 Å². The van der Waals surface area contributed by atoms with Crippen molar-refractivity contribution in [2.45, 2.75) is 6.04 Å². The van der Waals surface area contributed by atoms with Gasteiger partial charge in [0, 0.05) is 60.6 Å². The Bertz CT molecular complexity index is 1520. The van der Waals surface area contributed by atoms with Crippen LogP contribution in [0, 0.1) is 5.82 Å². The molecule has 1 aliphatic rings. The molecule has 0 saturated carbocycles. The van der Waals surface area contributed by atoms with Crippen molar-refractivity contribution in [3.05, 3.63) is 95.9 Å². The van der Waals surface area contributed by atoms with Crippen LogP contribution in [0.25, 0.3) is 22.0 Å². The summed E-state index contributed by atoms with van der Waals surface area (Å²) in [4.78, 5) is 19.8. The van der Waals surface area contributed by atoms with Crippen molar-refractivity contribution in [1.29, 1.82) is 0 Å². The zero-order chi connectivity index (χ0) is 25.2. The molecule has 1 fully saturated rings. The smallest absolute Gasteiger partial charge is 0.255 e. The molecule has 3 aromatic carbocycles. The predicted octanol–water partition coefficient (Wildman–Crippen LogP) is 5.36. The summed E-state index contributed by atoms with van der Waals surface area (Å²) in [6.45, 7) is 3.83. The Morgan fingerprint density at radius 3 is 2.50 bits per heavy atom. The highest BCUT2D eigenvalue weighted by molar-refractivity contribution is 7.13. The maximum Gasteiger partial charge on any atom is 0.255 e. The fourth-order valence-electron chi connectivity index (χ4n) is 4.72. The molecule has 7 nitrogen and oxygen atoms in total. The monoisotopic (exact) mass is 548 g/mol. The summed E-state index contributed by atoms with van der Waals surface area (Å²) < 4.78 is 17.3. The molecule has 0 aliphatic carbocycles. The van der Waals surface area contributed by atoms with Crippen molar-refractivity contribution in [3.8, 4) is 11.1 Å². The Hall–Kier alpha value is -3.79. The van der Waals surface area contributed by atoms with E-state index in [1.54, 1.807) is 23.8 Å². The van der Waals surface area contributed by atoms with E-state index in [4.69, 9.17) is 0 Å². The minimum absolute atomic E-state index is 0. The van der Waals surface area contributed by atoms with Crippen LogP contribution in [0.3, 0.4) is 0 Å². The second-order valence-corrected chi connectivity index (χ2v) is 9.79. The predicted molar refractivity (Wildman–Crippen MR) is 153 cm³/mol. The van der Waals surface area contributed by atoms with Gasteiger partial charge in [0.05, 0.1) is 0 Å². The number of rotatable bonds is 6. The van der Waals surface area contributed by atoms with Gasteiger partial charge in [-0.1, -0.05) is 54.6 Å². The number of fused-ring (bicyclic) bond motifs is 1. The number of carbonyl (C=O) groups excluding carboxylic acids is 1. The number of thiazole rings is 1. The Kier molecular flexibility index (Phi) is 7.69. The summed E-state index contributed by atoms with van der Waals surface area (Å²) in [6, 6.07) is 20.2. The van der Waals surface area contributed by atoms with Crippen LogP contribution < -0.4 is 15.5 Å². The van der Waals surface area contributed by atoms with E-state index >= 15 is 4.39 Å². The molecule has 6 rings (SSSR count). The molecule has 2 aromatic heterocycles. The van der Waals surface area contributed by atoms with Crippen molar-refractivity contribution in [1.82, 2.24) is 20.1 Å². The van der Waals surface area contributed by atoms with Crippen molar-refractivity contribution >= 4 is 51.4 Å². The van der Waals surface area contributed by atoms with Crippen LogP contribution in [0.15, 0.2) is 84.5 Å². The number of aromatic nitrogens is 3. The summed E-state index contributed by atoms with van der Waals surface area (Å²) in [7, 11) is 0. The summed E-state index contributed by atoms with van der Waals surface area (Å²) in [5.41, 5.74) is 3.37. The first-order chi connectivity index (χ1) is 18.2. The molecule has 0 radical (unpaired) electrons. The van der Waals surface area contributed by atoms with Gasteiger partial charge in [-0.05, 0) is 23.3 Å². The molecule has 2 N–H and O–H groups in total. The largest absolute Gasteiger partial charge is 0.369 e. The summed E-state index contributed by atoms with van der Waals surface area (Å²) >= 11 is 1.34. The molecule has 1 amide bonds. The second-order valence-electron chi connectivity index (χ2n) is 8.90.